The number of aryl methyl sites for hydroxylation is 1. The molecule has 3 rings (SSSR count). The maximum atomic E-state index is 12.7. The quantitative estimate of drug-likeness (QED) is 0.735. The van der Waals surface area contributed by atoms with Crippen LogP contribution in [0.3, 0.4) is 0 Å². The second-order valence-electron chi connectivity index (χ2n) is 5.23. The number of ether oxygens (including phenoxy) is 2. The van der Waals surface area contributed by atoms with Crippen LogP contribution in [-0.2, 0) is 4.74 Å². The van der Waals surface area contributed by atoms with Gasteiger partial charge in [0.1, 0.15) is 5.75 Å². The minimum Gasteiger partial charge on any atom is -0.492 e. The number of hydrogen-bond acceptors (Lipinski definition) is 4. The lowest BCUT2D eigenvalue weighted by Gasteiger charge is -2.26. The first-order valence-corrected chi connectivity index (χ1v) is 7.05. The topological polar surface area (TPSA) is 38.8 Å². The first kappa shape index (κ1) is 13.2. The number of carbonyl (C=O) groups is 1. The van der Waals surface area contributed by atoms with Crippen LogP contribution in [-0.4, -0.2) is 43.6 Å². The Labute approximate surface area is 119 Å². The van der Waals surface area contributed by atoms with Crippen molar-refractivity contribution in [2.45, 2.75) is 13.3 Å². The summed E-state index contributed by atoms with van der Waals surface area (Å²) in [4.78, 5) is 14.8. The SMILES string of the molecule is Cc1ccc2c(c1)C(=O)/C(=C/N1CCOCC1)CCO2. The zero-order valence-electron chi connectivity index (χ0n) is 11.7. The summed E-state index contributed by atoms with van der Waals surface area (Å²) in [6, 6.07) is 5.78. The molecular weight excluding hydrogens is 254 g/mol. The fourth-order valence-electron chi connectivity index (χ4n) is 2.55. The van der Waals surface area contributed by atoms with Crippen molar-refractivity contribution in [2.75, 3.05) is 32.9 Å². The Morgan fingerprint density at radius 3 is 2.80 bits per heavy atom. The van der Waals surface area contributed by atoms with Crippen molar-refractivity contribution in [3.8, 4) is 5.75 Å². The van der Waals surface area contributed by atoms with Gasteiger partial charge in [-0.1, -0.05) is 11.6 Å². The van der Waals surface area contributed by atoms with Crippen LogP contribution in [0.15, 0.2) is 30.0 Å². The first-order valence-electron chi connectivity index (χ1n) is 7.05. The summed E-state index contributed by atoms with van der Waals surface area (Å²) in [5.41, 5.74) is 2.59. The van der Waals surface area contributed by atoms with Crippen LogP contribution in [0.25, 0.3) is 0 Å². The van der Waals surface area contributed by atoms with E-state index in [9.17, 15) is 4.79 Å². The van der Waals surface area contributed by atoms with Crippen LogP contribution in [0.4, 0.5) is 0 Å². The van der Waals surface area contributed by atoms with Gasteiger partial charge in [-0.05, 0) is 19.1 Å². The molecule has 0 N–H and O–H groups in total. The zero-order chi connectivity index (χ0) is 13.9. The lowest BCUT2D eigenvalue weighted by atomic mass is 10.0. The maximum absolute atomic E-state index is 12.7. The minimum atomic E-state index is 0.0905. The van der Waals surface area contributed by atoms with Crippen LogP contribution in [0.1, 0.15) is 22.3 Å². The molecule has 1 aromatic rings. The number of carbonyl (C=O) groups excluding carboxylic acids is 1. The summed E-state index contributed by atoms with van der Waals surface area (Å²) in [5.74, 6) is 0.790. The fourth-order valence-corrected chi connectivity index (χ4v) is 2.55. The van der Waals surface area contributed by atoms with Gasteiger partial charge in [0.2, 0.25) is 0 Å². The van der Waals surface area contributed by atoms with E-state index < -0.39 is 0 Å². The molecule has 0 amide bonds. The van der Waals surface area contributed by atoms with Gasteiger partial charge < -0.3 is 14.4 Å². The molecule has 20 heavy (non-hydrogen) atoms. The highest BCUT2D eigenvalue weighted by atomic mass is 16.5. The molecule has 1 aromatic carbocycles. The number of rotatable bonds is 1. The van der Waals surface area contributed by atoms with Crippen LogP contribution in [0.2, 0.25) is 0 Å². The van der Waals surface area contributed by atoms with E-state index in [1.165, 1.54) is 0 Å². The molecular formula is C16H19NO3. The Morgan fingerprint density at radius 1 is 1.20 bits per heavy atom. The van der Waals surface area contributed by atoms with E-state index >= 15 is 0 Å². The van der Waals surface area contributed by atoms with Gasteiger partial charge in [0, 0.05) is 31.3 Å². The molecule has 0 atom stereocenters. The molecule has 0 radical (unpaired) electrons. The van der Waals surface area contributed by atoms with E-state index in [0.717, 1.165) is 37.4 Å². The van der Waals surface area contributed by atoms with Crippen molar-refractivity contribution in [2.24, 2.45) is 0 Å². The molecule has 1 saturated heterocycles. The third kappa shape index (κ3) is 2.70. The standard InChI is InChI=1S/C16H19NO3/c1-12-2-3-15-14(10-12)16(18)13(4-7-20-15)11-17-5-8-19-9-6-17/h2-3,10-11H,4-9H2,1H3/b13-11+. The molecule has 2 heterocycles. The molecule has 1 fully saturated rings. The predicted molar refractivity (Wildman–Crippen MR) is 76.1 cm³/mol. The summed E-state index contributed by atoms with van der Waals surface area (Å²) >= 11 is 0. The van der Waals surface area contributed by atoms with Crippen molar-refractivity contribution < 1.29 is 14.3 Å². The second-order valence-corrected chi connectivity index (χ2v) is 5.23. The summed E-state index contributed by atoms with van der Waals surface area (Å²) in [5, 5.41) is 0. The van der Waals surface area contributed by atoms with Gasteiger partial charge >= 0.3 is 0 Å². The molecule has 2 aliphatic rings. The van der Waals surface area contributed by atoms with Crippen molar-refractivity contribution in [3.63, 3.8) is 0 Å². The van der Waals surface area contributed by atoms with E-state index in [0.29, 0.717) is 24.3 Å². The highest BCUT2D eigenvalue weighted by molar-refractivity contribution is 6.10. The van der Waals surface area contributed by atoms with Crippen LogP contribution >= 0.6 is 0 Å². The number of benzene rings is 1. The minimum absolute atomic E-state index is 0.0905. The Bertz CT molecular complexity index is 545. The van der Waals surface area contributed by atoms with E-state index in [1.807, 2.05) is 31.3 Å². The molecule has 4 nitrogen and oxygen atoms in total. The molecule has 0 bridgehead atoms. The average Bonchev–Trinajstić information content (AvgIpc) is 2.61. The van der Waals surface area contributed by atoms with Gasteiger partial charge in [-0.3, -0.25) is 4.79 Å². The largest absolute Gasteiger partial charge is 0.492 e. The first-order chi connectivity index (χ1) is 9.74. The second kappa shape index (κ2) is 5.67. The lowest BCUT2D eigenvalue weighted by Crippen LogP contribution is -2.32. The van der Waals surface area contributed by atoms with Crippen molar-refractivity contribution in [1.29, 1.82) is 0 Å². The smallest absolute Gasteiger partial charge is 0.194 e. The molecule has 4 heteroatoms. The molecule has 0 aliphatic carbocycles. The Hall–Kier alpha value is -1.81. The van der Waals surface area contributed by atoms with Gasteiger partial charge in [-0.25, -0.2) is 0 Å². The van der Waals surface area contributed by atoms with Gasteiger partial charge in [-0.2, -0.15) is 0 Å². The number of hydrogen-bond donors (Lipinski definition) is 0. The van der Waals surface area contributed by atoms with Crippen molar-refractivity contribution >= 4 is 5.78 Å². The Kier molecular flexibility index (Phi) is 3.74. The molecule has 2 aliphatic heterocycles. The van der Waals surface area contributed by atoms with E-state index in [1.54, 1.807) is 0 Å². The van der Waals surface area contributed by atoms with Crippen LogP contribution in [0, 0.1) is 6.92 Å². The van der Waals surface area contributed by atoms with Gasteiger partial charge in [0.15, 0.2) is 5.78 Å². The normalized spacial score (nSPS) is 21.4. The van der Waals surface area contributed by atoms with Gasteiger partial charge in [0.05, 0.1) is 25.4 Å². The highest BCUT2D eigenvalue weighted by Crippen LogP contribution is 2.27. The number of morpholine rings is 1. The molecule has 106 valence electrons. The summed E-state index contributed by atoms with van der Waals surface area (Å²) in [6.45, 7) is 5.69. The monoisotopic (exact) mass is 273 g/mol. The number of Topliss-reactive ketones (excluding diaryl/α,β-unsaturated/α-hetero) is 1. The molecule has 0 spiro atoms. The predicted octanol–water partition coefficient (Wildman–Crippen LogP) is 2.18. The van der Waals surface area contributed by atoms with E-state index in [4.69, 9.17) is 9.47 Å². The molecule has 0 aromatic heterocycles. The highest BCUT2D eigenvalue weighted by Gasteiger charge is 2.22. The third-order valence-electron chi connectivity index (χ3n) is 3.68. The van der Waals surface area contributed by atoms with Crippen molar-refractivity contribution in [1.82, 2.24) is 4.90 Å². The zero-order valence-corrected chi connectivity index (χ0v) is 11.7. The fraction of sp³-hybridized carbons (Fsp3) is 0.438. The summed E-state index contributed by atoms with van der Waals surface area (Å²) in [6.07, 6.45) is 2.65. The average molecular weight is 273 g/mol. The molecule has 0 saturated carbocycles. The van der Waals surface area contributed by atoms with E-state index in [2.05, 4.69) is 4.90 Å². The maximum Gasteiger partial charge on any atom is 0.194 e. The number of ketones is 1. The van der Waals surface area contributed by atoms with Gasteiger partial charge in [0.25, 0.3) is 0 Å². The number of fused-ring (bicyclic) bond motifs is 1. The third-order valence-corrected chi connectivity index (χ3v) is 3.68. The van der Waals surface area contributed by atoms with Gasteiger partial charge in [-0.15, -0.1) is 0 Å². The summed E-state index contributed by atoms with van der Waals surface area (Å²) in [7, 11) is 0. The Balaban J connectivity index is 1.89. The number of nitrogens with zero attached hydrogens (tertiary/aromatic N) is 1. The summed E-state index contributed by atoms with van der Waals surface area (Å²) < 4.78 is 11.0. The van der Waals surface area contributed by atoms with E-state index in [-0.39, 0.29) is 5.78 Å². The van der Waals surface area contributed by atoms with Crippen LogP contribution < -0.4 is 4.74 Å². The van der Waals surface area contributed by atoms with Crippen molar-refractivity contribution in [3.05, 3.63) is 41.1 Å². The Morgan fingerprint density at radius 2 is 2.00 bits per heavy atom. The molecule has 0 unspecified atom stereocenters. The van der Waals surface area contributed by atoms with Crippen LogP contribution in [0.5, 0.6) is 5.75 Å². The lowest BCUT2D eigenvalue weighted by molar-refractivity contribution is 0.0586.